The number of nitrogens with zero attached hydrogens (tertiary/aromatic N) is 5. The number of halogens is 3. The smallest absolute Gasteiger partial charge is 0.255 e. The maximum atomic E-state index is 14.6. The second-order valence-electron chi connectivity index (χ2n) is 6.84. The molecule has 136 valence electrons. The van der Waals surface area contributed by atoms with Crippen LogP contribution in [-0.4, -0.2) is 32.2 Å². The molecule has 0 N–H and O–H groups in total. The van der Waals surface area contributed by atoms with Gasteiger partial charge in [0, 0.05) is 12.6 Å². The highest BCUT2D eigenvalue weighted by Crippen LogP contribution is 2.41. The molecule has 3 aromatic rings. The summed E-state index contributed by atoms with van der Waals surface area (Å²) in [5.41, 5.74) is 0.0184. The van der Waals surface area contributed by atoms with Crippen molar-refractivity contribution in [2.24, 2.45) is 5.92 Å². The van der Waals surface area contributed by atoms with E-state index in [2.05, 4.69) is 33.8 Å². The SMILES string of the molecule is CC1CCN(c2c(-c3c(F)cccc3F)c(Cl)nc3ncnn23)C(C)C1. The van der Waals surface area contributed by atoms with Crippen LogP contribution < -0.4 is 4.90 Å². The molecule has 1 fully saturated rings. The largest absolute Gasteiger partial charge is 0.353 e. The van der Waals surface area contributed by atoms with Crippen molar-refractivity contribution in [3.8, 4) is 11.1 Å². The van der Waals surface area contributed by atoms with E-state index >= 15 is 0 Å². The molecule has 0 amide bonds. The van der Waals surface area contributed by atoms with Crippen molar-refractivity contribution in [1.29, 1.82) is 0 Å². The first-order valence-corrected chi connectivity index (χ1v) is 8.95. The lowest BCUT2D eigenvalue weighted by molar-refractivity contribution is 0.374. The predicted octanol–water partition coefficient (Wildman–Crippen LogP) is 4.35. The zero-order chi connectivity index (χ0) is 18.4. The van der Waals surface area contributed by atoms with Crippen LogP contribution in [0.3, 0.4) is 0 Å². The van der Waals surface area contributed by atoms with Gasteiger partial charge in [0.1, 0.15) is 28.9 Å². The minimum atomic E-state index is -0.688. The zero-order valence-corrected chi connectivity index (χ0v) is 15.2. The minimum Gasteiger partial charge on any atom is -0.353 e. The second-order valence-corrected chi connectivity index (χ2v) is 7.20. The molecule has 2 atom stereocenters. The van der Waals surface area contributed by atoms with E-state index in [1.165, 1.54) is 29.0 Å². The highest BCUT2D eigenvalue weighted by molar-refractivity contribution is 6.33. The van der Waals surface area contributed by atoms with E-state index in [1.807, 2.05) is 0 Å². The summed E-state index contributed by atoms with van der Waals surface area (Å²) >= 11 is 6.39. The van der Waals surface area contributed by atoms with Crippen LogP contribution in [0.4, 0.5) is 14.6 Å². The van der Waals surface area contributed by atoms with Crippen LogP contribution in [0.1, 0.15) is 26.7 Å². The maximum Gasteiger partial charge on any atom is 0.255 e. The third-order valence-corrected chi connectivity index (χ3v) is 5.26. The summed E-state index contributed by atoms with van der Waals surface area (Å²) in [6.45, 7) is 5.03. The van der Waals surface area contributed by atoms with Crippen molar-refractivity contribution in [3.05, 3.63) is 41.3 Å². The molecule has 4 rings (SSSR count). The molecular formula is C18H18ClF2N5. The van der Waals surface area contributed by atoms with E-state index in [0.717, 1.165) is 19.4 Å². The molecule has 2 aromatic heterocycles. The average Bonchev–Trinajstić information content (AvgIpc) is 3.03. The van der Waals surface area contributed by atoms with Crippen LogP contribution in [-0.2, 0) is 0 Å². The average molecular weight is 378 g/mol. The highest BCUT2D eigenvalue weighted by Gasteiger charge is 2.31. The molecule has 1 aromatic carbocycles. The molecule has 0 aliphatic carbocycles. The van der Waals surface area contributed by atoms with Crippen LogP contribution in [0.25, 0.3) is 16.9 Å². The quantitative estimate of drug-likeness (QED) is 0.623. The number of aromatic nitrogens is 4. The van der Waals surface area contributed by atoms with Gasteiger partial charge in [-0.05, 0) is 37.8 Å². The van der Waals surface area contributed by atoms with Crippen LogP contribution in [0.2, 0.25) is 5.15 Å². The Balaban J connectivity index is 2.03. The van der Waals surface area contributed by atoms with Gasteiger partial charge in [0.25, 0.3) is 5.78 Å². The Morgan fingerprint density at radius 2 is 1.88 bits per heavy atom. The number of hydrogen-bond donors (Lipinski definition) is 0. The Morgan fingerprint density at radius 3 is 2.58 bits per heavy atom. The normalized spacial score (nSPS) is 20.7. The molecule has 0 bridgehead atoms. The van der Waals surface area contributed by atoms with Crippen LogP contribution in [0.15, 0.2) is 24.5 Å². The lowest BCUT2D eigenvalue weighted by Gasteiger charge is -2.39. The monoisotopic (exact) mass is 377 g/mol. The minimum absolute atomic E-state index is 0.00956. The summed E-state index contributed by atoms with van der Waals surface area (Å²) in [6.07, 6.45) is 3.30. The molecule has 5 nitrogen and oxygen atoms in total. The number of fused-ring (bicyclic) bond motifs is 1. The molecule has 26 heavy (non-hydrogen) atoms. The van der Waals surface area contributed by atoms with Crippen molar-refractivity contribution >= 4 is 23.2 Å². The molecule has 3 heterocycles. The number of hydrogen-bond acceptors (Lipinski definition) is 4. The summed E-state index contributed by atoms with van der Waals surface area (Å²) in [5, 5.41) is 4.24. The van der Waals surface area contributed by atoms with Gasteiger partial charge in [-0.2, -0.15) is 19.6 Å². The summed E-state index contributed by atoms with van der Waals surface area (Å²) in [4.78, 5) is 10.4. The van der Waals surface area contributed by atoms with E-state index in [-0.39, 0.29) is 22.3 Å². The van der Waals surface area contributed by atoms with Crippen molar-refractivity contribution in [2.45, 2.75) is 32.7 Å². The Kier molecular flexibility index (Phi) is 4.26. The maximum absolute atomic E-state index is 14.6. The number of piperidine rings is 1. The third kappa shape index (κ3) is 2.70. The first-order valence-electron chi connectivity index (χ1n) is 8.57. The molecule has 1 aliphatic rings. The number of benzene rings is 1. The predicted molar refractivity (Wildman–Crippen MR) is 96.4 cm³/mol. The fourth-order valence-corrected chi connectivity index (χ4v) is 4.00. The van der Waals surface area contributed by atoms with E-state index in [1.54, 1.807) is 0 Å². The van der Waals surface area contributed by atoms with Crippen LogP contribution in [0.5, 0.6) is 0 Å². The molecule has 0 radical (unpaired) electrons. The molecule has 1 aliphatic heterocycles. The van der Waals surface area contributed by atoms with E-state index in [4.69, 9.17) is 11.6 Å². The summed E-state index contributed by atoms with van der Waals surface area (Å²) in [7, 11) is 0. The molecule has 1 saturated heterocycles. The standard InChI is InChI=1S/C18H18ClF2N5/c1-10-6-7-25(11(2)8-10)17-15(14-12(20)4-3-5-13(14)21)16(19)24-18-22-9-23-26(17)18/h3-5,9-11H,6-8H2,1-2H3. The van der Waals surface area contributed by atoms with Gasteiger partial charge in [0.2, 0.25) is 0 Å². The topological polar surface area (TPSA) is 46.3 Å². The number of rotatable bonds is 2. The van der Waals surface area contributed by atoms with Gasteiger partial charge in [-0.1, -0.05) is 24.6 Å². The van der Waals surface area contributed by atoms with E-state index in [0.29, 0.717) is 17.5 Å². The van der Waals surface area contributed by atoms with Crippen molar-refractivity contribution in [3.63, 3.8) is 0 Å². The Hall–Kier alpha value is -2.28. The highest BCUT2D eigenvalue weighted by atomic mass is 35.5. The fourth-order valence-electron chi connectivity index (χ4n) is 3.74. The molecule has 0 spiro atoms. The van der Waals surface area contributed by atoms with Gasteiger partial charge in [-0.25, -0.2) is 8.78 Å². The van der Waals surface area contributed by atoms with Crippen molar-refractivity contribution < 1.29 is 8.78 Å². The van der Waals surface area contributed by atoms with Gasteiger partial charge in [-0.3, -0.25) is 0 Å². The van der Waals surface area contributed by atoms with E-state index < -0.39 is 11.6 Å². The van der Waals surface area contributed by atoms with Gasteiger partial charge < -0.3 is 4.90 Å². The Labute approximate surface area is 154 Å². The Bertz CT molecular complexity index is 953. The first kappa shape index (κ1) is 17.1. The zero-order valence-electron chi connectivity index (χ0n) is 14.5. The number of anilines is 1. The second kappa shape index (κ2) is 6.46. The fraction of sp³-hybridized carbons (Fsp3) is 0.389. The van der Waals surface area contributed by atoms with Gasteiger partial charge >= 0.3 is 0 Å². The van der Waals surface area contributed by atoms with Gasteiger partial charge in [0.15, 0.2) is 0 Å². The third-order valence-electron chi connectivity index (χ3n) is 4.98. The Morgan fingerprint density at radius 1 is 1.15 bits per heavy atom. The van der Waals surface area contributed by atoms with Gasteiger partial charge in [-0.15, -0.1) is 0 Å². The first-order chi connectivity index (χ1) is 12.5. The molecule has 0 saturated carbocycles. The molecule has 8 heteroatoms. The van der Waals surface area contributed by atoms with Crippen LogP contribution in [0, 0.1) is 17.6 Å². The summed E-state index contributed by atoms with van der Waals surface area (Å²) < 4.78 is 30.6. The van der Waals surface area contributed by atoms with Crippen molar-refractivity contribution in [2.75, 3.05) is 11.4 Å². The lowest BCUT2D eigenvalue weighted by atomic mass is 9.92. The van der Waals surface area contributed by atoms with Gasteiger partial charge in [0.05, 0.1) is 11.1 Å². The molecular weight excluding hydrogens is 360 g/mol. The summed E-state index contributed by atoms with van der Waals surface area (Å²) in [6, 6.07) is 3.92. The summed E-state index contributed by atoms with van der Waals surface area (Å²) in [5.74, 6) is 0.0376. The lowest BCUT2D eigenvalue weighted by Crippen LogP contribution is -2.41. The molecule has 2 unspecified atom stereocenters. The van der Waals surface area contributed by atoms with E-state index in [9.17, 15) is 8.78 Å². The van der Waals surface area contributed by atoms with Crippen LogP contribution >= 0.6 is 11.6 Å². The van der Waals surface area contributed by atoms with Crippen molar-refractivity contribution in [1.82, 2.24) is 19.6 Å².